The van der Waals surface area contributed by atoms with E-state index >= 15 is 0 Å². The number of piperazine rings is 2. The number of amides is 10. The van der Waals surface area contributed by atoms with E-state index in [0.717, 1.165) is 127 Å². The molecule has 0 aliphatic carbocycles. The number of piperidine rings is 2. The number of rotatable bonds is 19. The summed E-state index contributed by atoms with van der Waals surface area (Å²) in [5, 5.41) is 13.1. The number of hydrogen-bond donors (Lipinski definition) is 5. The largest absolute Gasteiger partial charge is 0.492 e. The molecule has 10 aromatic rings. The molecule has 8 aromatic carbocycles. The van der Waals surface area contributed by atoms with Crippen LogP contribution in [0.4, 0.5) is 38.2 Å². The van der Waals surface area contributed by atoms with Crippen LogP contribution < -0.4 is 36.1 Å². The predicted molar refractivity (Wildman–Crippen MR) is 404 cm³/mol. The van der Waals surface area contributed by atoms with E-state index in [9.17, 15) is 79.1 Å². The van der Waals surface area contributed by atoms with Gasteiger partial charge in [0.1, 0.15) is 36.8 Å². The molecule has 2 aromatic heterocycles. The summed E-state index contributed by atoms with van der Waals surface area (Å²) in [5.74, 6) is -4.77. The number of fused-ring (bicyclic) bond motifs is 4. The molecule has 6 aliphatic heterocycles. The fraction of sp³-hybridized carbons (Fsp3) is 0.256. The minimum atomic E-state index is -4.59. The average Bonchev–Trinajstić information content (AvgIpc) is 1.66. The Morgan fingerprint density at radius 3 is 1.33 bits per heavy atom. The second kappa shape index (κ2) is 33.7. The monoisotopic (exact) mass is 1570 g/mol. The van der Waals surface area contributed by atoms with Crippen LogP contribution in [0.2, 0.25) is 0 Å². The Labute approximate surface area is 651 Å². The first-order valence-electron chi connectivity index (χ1n) is 36.7. The lowest BCUT2D eigenvalue weighted by molar-refractivity contribution is -0.138. The zero-order valence-corrected chi connectivity index (χ0v) is 61.2. The molecule has 6 aliphatic rings. The lowest BCUT2D eigenvalue weighted by Gasteiger charge is -2.34. The summed E-state index contributed by atoms with van der Waals surface area (Å²) >= 11 is 0. The molecule has 590 valence electrons. The Morgan fingerprint density at radius 1 is 0.470 bits per heavy atom. The normalized spacial score (nSPS) is 17.4. The fourth-order valence-electron chi connectivity index (χ4n) is 14.4. The van der Waals surface area contributed by atoms with E-state index in [2.05, 4.69) is 46.3 Å². The summed E-state index contributed by atoms with van der Waals surface area (Å²) in [6.45, 7) is 9.28. The molecule has 0 spiro atoms. The van der Waals surface area contributed by atoms with E-state index in [1.807, 2.05) is 97.1 Å². The van der Waals surface area contributed by atoms with Crippen molar-refractivity contribution in [3.63, 3.8) is 0 Å². The molecule has 0 saturated carbocycles. The van der Waals surface area contributed by atoms with Gasteiger partial charge in [0.25, 0.3) is 35.4 Å². The van der Waals surface area contributed by atoms with Crippen LogP contribution in [0.25, 0.3) is 33.4 Å². The smallest absolute Gasteiger partial charge is 0.416 e. The number of imide groups is 4. The molecule has 10 amide bonds. The van der Waals surface area contributed by atoms with Crippen molar-refractivity contribution in [3.05, 3.63) is 238 Å². The molecule has 27 nitrogen and oxygen atoms in total. The number of hydrogen-bond acceptors (Lipinski definition) is 19. The predicted octanol–water partition coefficient (Wildman–Crippen LogP) is 9.26. The Morgan fingerprint density at radius 2 is 0.896 bits per heavy atom. The van der Waals surface area contributed by atoms with E-state index in [-0.39, 0.29) is 83.3 Å². The third-order valence-corrected chi connectivity index (χ3v) is 20.1. The number of carbonyl (C=O) groups excluding carboxylic acids is 11. The van der Waals surface area contributed by atoms with Gasteiger partial charge in [0.2, 0.25) is 35.5 Å². The molecular formula is C82H72F6N14O13. The Balaban J connectivity index is 0.000000159. The Kier molecular flexibility index (Phi) is 23.0. The summed E-state index contributed by atoms with van der Waals surface area (Å²) in [6.07, 6.45) is -8.25. The van der Waals surface area contributed by atoms with Crippen molar-refractivity contribution >= 4 is 99.3 Å². The molecule has 33 heteroatoms. The van der Waals surface area contributed by atoms with Gasteiger partial charge in [-0.3, -0.25) is 108 Å². The number of anilines is 2. The molecule has 0 radical (unpaired) electrons. The van der Waals surface area contributed by atoms with Crippen LogP contribution in [0.1, 0.15) is 110 Å². The quantitative estimate of drug-likeness (QED) is 0.0286. The number of aldehydes is 1. The fourth-order valence-corrected chi connectivity index (χ4v) is 14.4. The van der Waals surface area contributed by atoms with Crippen molar-refractivity contribution in [1.82, 2.24) is 59.6 Å². The van der Waals surface area contributed by atoms with Gasteiger partial charge >= 0.3 is 12.4 Å². The van der Waals surface area contributed by atoms with Crippen LogP contribution in [0.15, 0.2) is 182 Å². The molecule has 115 heavy (non-hydrogen) atoms. The van der Waals surface area contributed by atoms with Gasteiger partial charge in [0.15, 0.2) is 6.29 Å². The first kappa shape index (κ1) is 78.6. The zero-order chi connectivity index (χ0) is 80.8. The maximum absolute atomic E-state index is 13.3. The Hall–Kier alpha value is -13.1. The van der Waals surface area contributed by atoms with Gasteiger partial charge in [-0.25, -0.2) is 9.97 Å². The van der Waals surface area contributed by atoms with Crippen LogP contribution >= 0.6 is 0 Å². The lowest BCUT2D eigenvalue weighted by Crippen LogP contribution is -2.54. The van der Waals surface area contributed by atoms with E-state index in [0.29, 0.717) is 42.8 Å². The summed E-state index contributed by atoms with van der Waals surface area (Å²) < 4.78 is 94.1. The third kappa shape index (κ3) is 17.6. The highest BCUT2D eigenvalue weighted by Gasteiger charge is 2.47. The summed E-state index contributed by atoms with van der Waals surface area (Å²) in [4.78, 5) is 153. The lowest BCUT2D eigenvalue weighted by atomic mass is 10.0. The minimum absolute atomic E-state index is 0.0476. The van der Waals surface area contributed by atoms with Gasteiger partial charge in [-0.1, -0.05) is 60.7 Å². The van der Waals surface area contributed by atoms with Crippen molar-refractivity contribution in [3.8, 4) is 22.9 Å². The van der Waals surface area contributed by atoms with Crippen molar-refractivity contribution in [2.24, 2.45) is 0 Å². The van der Waals surface area contributed by atoms with Crippen molar-refractivity contribution < 1.29 is 88.6 Å². The minimum Gasteiger partial charge on any atom is -0.492 e. The molecule has 2 atom stereocenters. The first-order valence-corrected chi connectivity index (χ1v) is 36.7. The standard InChI is InChI=1S/C41H36F3N7O6.C26H24F3N5O.C15H12N2O6/c42-41(43,44)27-6-4-5-26(22-27)36(53)47-40-45-32-21-25(9-12-33(32)50(40)28-7-2-1-3-8-28)24-49-17-15-48(16-18-49)19-20-57-29-10-11-30-31(23-29)39(56)51(38(30)55)34-13-14-35(52)46-37(34)54;27-26(28,29)20-6-4-5-19(16-20)24(35)32-25-31-22-15-18(17-33-13-11-30-12-14-33)9-10-23(22)34(25)21-7-2-1-3-8-21;18-5-6-23-8-1-2-9-10(7-8)15(22)17(14(9)21)11-3-4-12(19)16-13(11)20/h1-12,21-23,34H,13-20,24H2,(H,45,47,53)(H,46,52,54);1-10,15-16,30H,11-14,17H2,(H,31,32,35);1-2,5,7,11H,3-4,6H2,(H,16,19,20). The van der Waals surface area contributed by atoms with Crippen LogP contribution in [0, 0.1) is 0 Å². The van der Waals surface area contributed by atoms with Crippen molar-refractivity contribution in [2.45, 2.75) is 63.2 Å². The number of carbonyl (C=O) groups is 11. The number of para-hydroxylation sites is 2. The molecule has 16 rings (SSSR count). The highest BCUT2D eigenvalue weighted by atomic mass is 19.4. The number of nitrogens with zero attached hydrogens (tertiary/aromatic N) is 9. The molecular weight excluding hydrogens is 1500 g/mol. The number of ether oxygens (including phenoxy) is 2. The number of imidazole rings is 2. The van der Waals surface area contributed by atoms with E-state index in [4.69, 9.17) is 14.5 Å². The maximum Gasteiger partial charge on any atom is 0.416 e. The topological polar surface area (TPSA) is 318 Å². The first-order chi connectivity index (χ1) is 55.3. The molecule has 5 N–H and O–H groups in total. The van der Waals surface area contributed by atoms with Crippen LogP contribution in [0.3, 0.4) is 0 Å². The SMILES string of the molecule is O=C(Nc1nc2cc(CN3CCNCC3)ccc2n1-c1ccccc1)c1cccc(C(F)(F)F)c1.O=C1CCC(N2C(=O)c3ccc(OCCN4CCN(Cc5ccc6c(c5)nc(NC(=O)c5cccc(C(F)(F)F)c5)n6-c5ccccc5)CC4)cc3C2=O)C(=O)N1.O=CCOc1ccc2c(c1)C(=O)N(C1CCC(=O)NC1=O)C2=O. The molecule has 2 unspecified atom stereocenters. The number of halogens is 6. The number of nitrogens with one attached hydrogen (secondary N) is 5. The number of aromatic nitrogens is 4. The van der Waals surface area contributed by atoms with Crippen LogP contribution in [0.5, 0.6) is 11.5 Å². The Bertz CT molecular complexity index is 5490. The van der Waals surface area contributed by atoms with Crippen molar-refractivity contribution in [2.75, 3.05) is 82.8 Å². The van der Waals surface area contributed by atoms with Gasteiger partial charge in [0.05, 0.1) is 55.4 Å². The molecule has 4 saturated heterocycles. The molecule has 0 bridgehead atoms. The molecule has 8 heterocycles. The number of benzene rings is 8. The highest BCUT2D eigenvalue weighted by molar-refractivity contribution is 6.24. The third-order valence-electron chi connectivity index (χ3n) is 20.1. The summed E-state index contributed by atoms with van der Waals surface area (Å²) in [7, 11) is 0. The second-order valence-electron chi connectivity index (χ2n) is 27.7. The van der Waals surface area contributed by atoms with Gasteiger partial charge in [-0.15, -0.1) is 0 Å². The van der Waals surface area contributed by atoms with Crippen LogP contribution in [-0.2, 0) is 49.4 Å². The summed E-state index contributed by atoms with van der Waals surface area (Å²) in [6, 6.07) is 46.1. The van der Waals surface area contributed by atoms with E-state index < -0.39 is 94.6 Å². The van der Waals surface area contributed by atoms with Gasteiger partial charge in [-0.05, 0) is 145 Å². The zero-order valence-electron chi connectivity index (χ0n) is 61.2. The van der Waals surface area contributed by atoms with Crippen molar-refractivity contribution in [1.29, 1.82) is 0 Å². The number of alkyl halides is 6. The van der Waals surface area contributed by atoms with Gasteiger partial charge < -0.3 is 14.8 Å². The average molecular weight is 1580 g/mol. The highest BCUT2D eigenvalue weighted by Crippen LogP contribution is 2.36. The van der Waals surface area contributed by atoms with E-state index in [1.165, 1.54) is 54.6 Å². The van der Waals surface area contributed by atoms with E-state index in [1.54, 1.807) is 15.2 Å². The maximum atomic E-state index is 13.3. The second-order valence-corrected chi connectivity index (χ2v) is 27.7. The van der Waals surface area contributed by atoms with Gasteiger partial charge in [-0.2, -0.15) is 26.3 Å². The van der Waals surface area contributed by atoms with Crippen LogP contribution in [-0.4, -0.2) is 193 Å². The van der Waals surface area contributed by atoms with Gasteiger partial charge in [0, 0.05) is 107 Å². The summed E-state index contributed by atoms with van der Waals surface area (Å²) in [5.41, 5.74) is 5.06. The molecule has 4 fully saturated rings.